The van der Waals surface area contributed by atoms with Gasteiger partial charge in [-0.2, -0.15) is 0 Å². The molecule has 1 aliphatic rings. The summed E-state index contributed by atoms with van der Waals surface area (Å²) in [5.41, 5.74) is -1.68. The number of esters is 1. The summed E-state index contributed by atoms with van der Waals surface area (Å²) in [4.78, 5) is 12.9. The quantitative estimate of drug-likeness (QED) is 0.277. The Balaban J connectivity index is 3.68. The van der Waals surface area contributed by atoms with Crippen LogP contribution < -0.4 is 0 Å². The smallest absolute Gasteiger partial charge is 0.338 e. The van der Waals surface area contributed by atoms with E-state index in [0.717, 1.165) is 0 Å². The third-order valence-corrected chi connectivity index (χ3v) is 22.6. The Labute approximate surface area is 219 Å². The van der Waals surface area contributed by atoms with Crippen molar-refractivity contribution < 1.29 is 27.9 Å². The van der Waals surface area contributed by atoms with Gasteiger partial charge >= 0.3 is 5.97 Å². The summed E-state index contributed by atoms with van der Waals surface area (Å²) in [6, 6.07) is 0. The van der Waals surface area contributed by atoms with Crippen LogP contribution in [0.3, 0.4) is 0 Å². The maximum atomic E-state index is 12.9. The minimum absolute atomic E-state index is 0.00779. The van der Waals surface area contributed by atoms with Crippen molar-refractivity contribution >= 4 is 30.9 Å². The highest BCUT2D eigenvalue weighted by Gasteiger charge is 2.57. The van der Waals surface area contributed by atoms with Crippen LogP contribution in [0.5, 0.6) is 0 Å². The topological polar surface area (TPSA) is 74.2 Å². The molecule has 0 radical (unpaired) electrons. The minimum Gasteiger partial charge on any atom is -0.467 e. The van der Waals surface area contributed by atoms with Crippen molar-refractivity contribution in [1.29, 1.82) is 0 Å². The monoisotopic (exact) mass is 548 g/mol. The first-order valence-electron chi connectivity index (χ1n) is 13.0. The molecule has 35 heavy (non-hydrogen) atoms. The number of carbonyl (C=O) groups is 1. The Bertz CT molecular complexity index is 706. The summed E-state index contributed by atoms with van der Waals surface area (Å²) in [5.74, 6) is -0.629. The summed E-state index contributed by atoms with van der Waals surface area (Å²) in [5, 5.41) is 11.5. The van der Waals surface area contributed by atoms with E-state index in [1.54, 1.807) is 0 Å². The maximum Gasteiger partial charge on any atom is 0.338 e. The SMILES string of the molecule is COC(=O)C1(O)C[C@H](O[Si](C)(C)C(C)(C)C)C(O[Si](C)(C)C(C)(C)C)[C@H](O[Si](C)(C)C(C)(C)C)C1. The van der Waals surface area contributed by atoms with Gasteiger partial charge in [-0.1, -0.05) is 62.3 Å². The Morgan fingerprint density at radius 3 is 1.23 bits per heavy atom. The van der Waals surface area contributed by atoms with Crippen molar-refractivity contribution in [2.75, 3.05) is 7.11 Å². The lowest BCUT2D eigenvalue weighted by Gasteiger charge is -2.53. The van der Waals surface area contributed by atoms with Gasteiger partial charge in [0.25, 0.3) is 0 Å². The zero-order valence-corrected chi connectivity index (χ0v) is 28.6. The van der Waals surface area contributed by atoms with E-state index < -0.39 is 48.7 Å². The highest BCUT2D eigenvalue weighted by molar-refractivity contribution is 6.75. The molecule has 4 atom stereocenters. The highest BCUT2D eigenvalue weighted by Crippen LogP contribution is 2.47. The lowest BCUT2D eigenvalue weighted by Crippen LogP contribution is -2.65. The lowest BCUT2D eigenvalue weighted by atomic mass is 9.79. The Kier molecular flexibility index (Phi) is 9.67. The molecule has 0 spiro atoms. The van der Waals surface area contributed by atoms with Gasteiger partial charge in [0, 0.05) is 12.8 Å². The van der Waals surface area contributed by atoms with Crippen molar-refractivity contribution in [1.82, 2.24) is 0 Å². The number of aliphatic hydroxyl groups is 1. The average molecular weight is 549 g/mol. The first-order chi connectivity index (χ1) is 15.2. The number of hydrogen-bond donors (Lipinski definition) is 1. The standard InChI is InChI=1S/C26H56O6Si3/c1-23(2,3)33(11,12)30-19-17-26(28,22(27)29-10)18-20(31-34(13,14)24(4,5)6)21(19)32-35(15,16)25(7,8)9/h19-21,28H,17-18H2,1-16H3/t19-,20+,21?,26?. The van der Waals surface area contributed by atoms with Crippen molar-refractivity contribution in [3.05, 3.63) is 0 Å². The molecule has 1 N–H and O–H groups in total. The molecule has 208 valence electrons. The largest absolute Gasteiger partial charge is 0.467 e. The first-order valence-corrected chi connectivity index (χ1v) is 21.8. The zero-order valence-electron chi connectivity index (χ0n) is 25.6. The summed E-state index contributed by atoms with van der Waals surface area (Å²) < 4.78 is 26.0. The molecule has 0 aromatic carbocycles. The van der Waals surface area contributed by atoms with Crippen LogP contribution in [0.15, 0.2) is 0 Å². The van der Waals surface area contributed by atoms with E-state index in [1.165, 1.54) is 7.11 Å². The Morgan fingerprint density at radius 1 is 0.686 bits per heavy atom. The normalized spacial score (nSPS) is 27.6. The third kappa shape index (κ3) is 7.51. The predicted molar refractivity (Wildman–Crippen MR) is 152 cm³/mol. The van der Waals surface area contributed by atoms with Gasteiger partial charge in [0.1, 0.15) is 0 Å². The third-order valence-electron chi connectivity index (χ3n) is 9.12. The van der Waals surface area contributed by atoms with Crippen LogP contribution in [0.2, 0.25) is 54.4 Å². The van der Waals surface area contributed by atoms with Crippen LogP contribution >= 0.6 is 0 Å². The number of carbonyl (C=O) groups excluding carboxylic acids is 1. The Morgan fingerprint density at radius 2 is 0.971 bits per heavy atom. The van der Waals surface area contributed by atoms with Crippen molar-refractivity contribution in [3.8, 4) is 0 Å². The molecule has 1 rings (SSSR count). The molecular weight excluding hydrogens is 493 g/mol. The molecule has 0 heterocycles. The van der Waals surface area contributed by atoms with Gasteiger partial charge in [-0.05, 0) is 54.4 Å². The van der Waals surface area contributed by atoms with E-state index in [-0.39, 0.29) is 34.1 Å². The fourth-order valence-electron chi connectivity index (χ4n) is 3.57. The second-order valence-corrected chi connectivity index (χ2v) is 29.4. The van der Waals surface area contributed by atoms with E-state index in [9.17, 15) is 9.90 Å². The van der Waals surface area contributed by atoms with Crippen LogP contribution in [0, 0.1) is 0 Å². The van der Waals surface area contributed by atoms with Crippen molar-refractivity contribution in [2.45, 2.75) is 153 Å². The molecule has 0 aromatic rings. The molecule has 1 aliphatic carbocycles. The van der Waals surface area contributed by atoms with Gasteiger partial charge in [0.2, 0.25) is 0 Å². The van der Waals surface area contributed by atoms with Crippen molar-refractivity contribution in [3.63, 3.8) is 0 Å². The Hall–Kier alpha value is -0.0394. The average Bonchev–Trinajstić information content (AvgIpc) is 2.60. The zero-order chi connectivity index (χ0) is 28.1. The van der Waals surface area contributed by atoms with E-state index in [2.05, 4.69) is 102 Å². The van der Waals surface area contributed by atoms with Gasteiger partial charge in [0.05, 0.1) is 25.4 Å². The summed E-state index contributed by atoms with van der Waals surface area (Å²) in [6.07, 6.45) is -1.04. The lowest BCUT2D eigenvalue weighted by molar-refractivity contribution is -0.185. The molecular formula is C26H56O6Si3. The maximum absolute atomic E-state index is 12.9. The summed E-state index contributed by atoms with van der Waals surface area (Å²) in [6.45, 7) is 33.1. The van der Waals surface area contributed by atoms with Gasteiger partial charge in [-0.15, -0.1) is 0 Å². The molecule has 0 aliphatic heterocycles. The van der Waals surface area contributed by atoms with Crippen LogP contribution in [0.25, 0.3) is 0 Å². The molecule has 6 nitrogen and oxygen atoms in total. The second kappa shape index (κ2) is 10.3. The first kappa shape index (κ1) is 33.0. The van der Waals surface area contributed by atoms with E-state index in [4.69, 9.17) is 18.0 Å². The minimum atomic E-state index is -2.26. The fourth-order valence-corrected chi connectivity index (χ4v) is 7.57. The van der Waals surface area contributed by atoms with Crippen LogP contribution in [-0.4, -0.2) is 67.1 Å². The van der Waals surface area contributed by atoms with Crippen LogP contribution in [0.1, 0.15) is 75.2 Å². The van der Waals surface area contributed by atoms with Gasteiger partial charge in [0.15, 0.2) is 30.6 Å². The van der Waals surface area contributed by atoms with Crippen molar-refractivity contribution in [2.24, 2.45) is 0 Å². The van der Waals surface area contributed by atoms with Crippen LogP contribution in [0.4, 0.5) is 0 Å². The molecule has 0 aromatic heterocycles. The number of methoxy groups -OCH3 is 1. The number of rotatable bonds is 7. The molecule has 1 saturated carbocycles. The second-order valence-electron chi connectivity index (χ2n) is 15.1. The molecule has 1 fully saturated rings. The van der Waals surface area contributed by atoms with Gasteiger partial charge < -0.3 is 23.1 Å². The molecule has 0 bridgehead atoms. The summed E-state index contributed by atoms with van der Waals surface area (Å²) in [7, 11) is -5.42. The molecule has 0 saturated heterocycles. The van der Waals surface area contributed by atoms with Gasteiger partial charge in [-0.3, -0.25) is 0 Å². The van der Waals surface area contributed by atoms with E-state index >= 15 is 0 Å². The fraction of sp³-hybridized carbons (Fsp3) is 0.962. The molecule has 0 amide bonds. The molecule has 9 heteroatoms. The van der Waals surface area contributed by atoms with Gasteiger partial charge in [-0.25, -0.2) is 4.79 Å². The molecule has 2 unspecified atom stereocenters. The number of ether oxygens (including phenoxy) is 1. The van der Waals surface area contributed by atoms with E-state index in [1.807, 2.05) is 0 Å². The van der Waals surface area contributed by atoms with E-state index in [0.29, 0.717) is 0 Å². The highest BCUT2D eigenvalue weighted by atomic mass is 28.4. The predicted octanol–water partition coefficient (Wildman–Crippen LogP) is 6.86. The summed E-state index contributed by atoms with van der Waals surface area (Å²) >= 11 is 0. The number of hydrogen-bond acceptors (Lipinski definition) is 6. The van der Waals surface area contributed by atoms with Crippen LogP contribution in [-0.2, 0) is 22.8 Å².